The van der Waals surface area contributed by atoms with E-state index in [-0.39, 0.29) is 12.1 Å². The van der Waals surface area contributed by atoms with Gasteiger partial charge in [0.05, 0.1) is 5.69 Å². The second-order valence-corrected chi connectivity index (χ2v) is 5.84. The second-order valence-electron chi connectivity index (χ2n) is 4.81. The molecule has 2 N–H and O–H groups in total. The van der Waals surface area contributed by atoms with Crippen LogP contribution in [0.15, 0.2) is 29.2 Å². The SMILES string of the molecule is O=C(Nc1ccccc1SC(F)F)NC1CCCCC1. The number of alkyl halides is 2. The summed E-state index contributed by atoms with van der Waals surface area (Å²) in [5.74, 6) is -2.50. The van der Waals surface area contributed by atoms with Crippen molar-refractivity contribution in [2.45, 2.75) is 48.8 Å². The Bertz CT molecular complexity index is 451. The number of para-hydroxylation sites is 1. The normalized spacial score (nSPS) is 16.1. The third-order valence-corrected chi connectivity index (χ3v) is 4.08. The summed E-state index contributed by atoms with van der Waals surface area (Å²) in [5.41, 5.74) is 0.422. The summed E-state index contributed by atoms with van der Waals surface area (Å²) in [6, 6.07) is 6.47. The van der Waals surface area contributed by atoms with Crippen molar-refractivity contribution in [1.82, 2.24) is 5.32 Å². The lowest BCUT2D eigenvalue weighted by atomic mass is 9.96. The molecule has 0 aliphatic heterocycles. The monoisotopic (exact) mass is 300 g/mol. The van der Waals surface area contributed by atoms with Crippen molar-refractivity contribution in [3.8, 4) is 0 Å². The van der Waals surface area contributed by atoms with Crippen molar-refractivity contribution in [3.05, 3.63) is 24.3 Å². The third kappa shape index (κ3) is 4.67. The zero-order chi connectivity index (χ0) is 14.4. The largest absolute Gasteiger partial charge is 0.335 e. The van der Waals surface area contributed by atoms with E-state index in [9.17, 15) is 13.6 Å². The van der Waals surface area contributed by atoms with E-state index in [0.717, 1.165) is 25.7 Å². The van der Waals surface area contributed by atoms with E-state index in [2.05, 4.69) is 10.6 Å². The maximum absolute atomic E-state index is 12.4. The summed E-state index contributed by atoms with van der Waals surface area (Å²) in [6.07, 6.45) is 5.45. The minimum absolute atomic E-state index is 0.193. The Morgan fingerprint density at radius 2 is 1.90 bits per heavy atom. The Labute approximate surface area is 121 Å². The molecule has 6 heteroatoms. The number of carbonyl (C=O) groups excluding carboxylic acids is 1. The van der Waals surface area contributed by atoms with Crippen LogP contribution in [0, 0.1) is 0 Å². The predicted molar refractivity (Wildman–Crippen MR) is 77.3 cm³/mol. The van der Waals surface area contributed by atoms with Crippen molar-refractivity contribution in [2.75, 3.05) is 5.32 Å². The van der Waals surface area contributed by atoms with Gasteiger partial charge in [-0.25, -0.2) is 4.79 Å². The van der Waals surface area contributed by atoms with Crippen LogP contribution in [0.25, 0.3) is 0 Å². The molecule has 20 heavy (non-hydrogen) atoms. The highest BCUT2D eigenvalue weighted by atomic mass is 32.2. The minimum Gasteiger partial charge on any atom is -0.335 e. The lowest BCUT2D eigenvalue weighted by Crippen LogP contribution is -2.39. The van der Waals surface area contributed by atoms with Crippen molar-refractivity contribution in [2.24, 2.45) is 0 Å². The quantitative estimate of drug-likeness (QED) is 0.806. The van der Waals surface area contributed by atoms with E-state index >= 15 is 0 Å². The Morgan fingerprint density at radius 3 is 2.60 bits per heavy atom. The van der Waals surface area contributed by atoms with Crippen molar-refractivity contribution in [1.29, 1.82) is 0 Å². The number of rotatable bonds is 4. The smallest absolute Gasteiger partial charge is 0.319 e. The van der Waals surface area contributed by atoms with Crippen LogP contribution < -0.4 is 10.6 Å². The number of thioether (sulfide) groups is 1. The average Bonchev–Trinajstić information content (AvgIpc) is 2.41. The van der Waals surface area contributed by atoms with Crippen LogP contribution in [0.5, 0.6) is 0 Å². The molecule has 1 saturated carbocycles. The molecule has 1 aromatic carbocycles. The summed E-state index contributed by atoms with van der Waals surface area (Å²) in [6.45, 7) is 0. The van der Waals surface area contributed by atoms with Gasteiger partial charge in [-0.1, -0.05) is 43.2 Å². The van der Waals surface area contributed by atoms with E-state index in [4.69, 9.17) is 0 Å². The highest BCUT2D eigenvalue weighted by Crippen LogP contribution is 2.31. The molecule has 0 atom stereocenters. The van der Waals surface area contributed by atoms with E-state index in [0.29, 0.717) is 22.3 Å². The maximum Gasteiger partial charge on any atom is 0.319 e. The number of urea groups is 1. The van der Waals surface area contributed by atoms with Crippen LogP contribution in [0.2, 0.25) is 0 Å². The Balaban J connectivity index is 1.93. The zero-order valence-corrected chi connectivity index (χ0v) is 11.9. The van der Waals surface area contributed by atoms with E-state index in [1.165, 1.54) is 6.42 Å². The van der Waals surface area contributed by atoms with Gasteiger partial charge in [0, 0.05) is 10.9 Å². The number of hydrogen-bond donors (Lipinski definition) is 2. The summed E-state index contributed by atoms with van der Waals surface area (Å²) in [7, 11) is 0. The molecule has 1 fully saturated rings. The van der Waals surface area contributed by atoms with Crippen LogP contribution in [0.3, 0.4) is 0 Å². The number of anilines is 1. The highest BCUT2D eigenvalue weighted by molar-refractivity contribution is 7.99. The fourth-order valence-electron chi connectivity index (χ4n) is 2.36. The lowest BCUT2D eigenvalue weighted by Gasteiger charge is -2.23. The van der Waals surface area contributed by atoms with Crippen LogP contribution >= 0.6 is 11.8 Å². The van der Waals surface area contributed by atoms with Crippen LogP contribution in [-0.2, 0) is 0 Å². The molecule has 1 aromatic rings. The van der Waals surface area contributed by atoms with Gasteiger partial charge in [0.2, 0.25) is 0 Å². The molecule has 2 rings (SSSR count). The molecule has 2 amide bonds. The number of nitrogens with one attached hydrogen (secondary N) is 2. The Hall–Kier alpha value is -1.30. The van der Waals surface area contributed by atoms with Gasteiger partial charge in [-0.05, 0) is 25.0 Å². The molecule has 1 aliphatic carbocycles. The van der Waals surface area contributed by atoms with Gasteiger partial charge in [-0.15, -0.1) is 0 Å². The van der Waals surface area contributed by atoms with Gasteiger partial charge in [0.25, 0.3) is 5.76 Å². The molecular formula is C14H18F2N2OS. The summed E-state index contributed by atoms with van der Waals surface area (Å²) in [4.78, 5) is 12.3. The summed E-state index contributed by atoms with van der Waals surface area (Å²) >= 11 is 0.437. The second kappa shape index (κ2) is 7.47. The lowest BCUT2D eigenvalue weighted by molar-refractivity contribution is 0.244. The fourth-order valence-corrected chi connectivity index (χ4v) is 2.95. The Kier molecular flexibility index (Phi) is 5.64. The number of hydrogen-bond acceptors (Lipinski definition) is 2. The van der Waals surface area contributed by atoms with Crippen LogP contribution in [-0.4, -0.2) is 17.8 Å². The molecule has 3 nitrogen and oxygen atoms in total. The number of amides is 2. The molecule has 0 bridgehead atoms. The molecule has 0 radical (unpaired) electrons. The predicted octanol–water partition coefficient (Wildman–Crippen LogP) is 4.46. The zero-order valence-electron chi connectivity index (χ0n) is 11.1. The third-order valence-electron chi connectivity index (χ3n) is 3.29. The Morgan fingerprint density at radius 1 is 1.20 bits per heavy atom. The highest BCUT2D eigenvalue weighted by Gasteiger charge is 2.17. The van der Waals surface area contributed by atoms with E-state index < -0.39 is 5.76 Å². The average molecular weight is 300 g/mol. The van der Waals surface area contributed by atoms with Gasteiger partial charge < -0.3 is 10.6 Å². The number of carbonyl (C=O) groups is 1. The molecule has 1 aliphatic rings. The first kappa shape index (κ1) is 15.1. The molecular weight excluding hydrogens is 282 g/mol. The molecule has 0 unspecified atom stereocenters. The first-order valence-corrected chi connectivity index (χ1v) is 7.64. The fraction of sp³-hybridized carbons (Fsp3) is 0.500. The number of benzene rings is 1. The van der Waals surface area contributed by atoms with Gasteiger partial charge >= 0.3 is 6.03 Å². The summed E-state index contributed by atoms with van der Waals surface area (Å²) in [5, 5.41) is 5.56. The van der Waals surface area contributed by atoms with Crippen LogP contribution in [0.1, 0.15) is 32.1 Å². The van der Waals surface area contributed by atoms with E-state index in [1.807, 2.05) is 0 Å². The first-order valence-electron chi connectivity index (χ1n) is 6.76. The van der Waals surface area contributed by atoms with Gasteiger partial charge in [-0.2, -0.15) is 8.78 Å². The van der Waals surface area contributed by atoms with Crippen molar-refractivity contribution in [3.63, 3.8) is 0 Å². The molecule has 0 heterocycles. The standard InChI is InChI=1S/C14H18F2N2OS/c15-13(16)20-12-9-5-4-8-11(12)18-14(19)17-10-6-2-1-3-7-10/h4-5,8-10,13H,1-3,6-7H2,(H2,17,18,19). The summed E-state index contributed by atoms with van der Waals surface area (Å²) < 4.78 is 24.9. The molecule has 0 saturated heterocycles. The molecule has 110 valence electrons. The first-order chi connectivity index (χ1) is 9.65. The topological polar surface area (TPSA) is 41.1 Å². The number of halogens is 2. The van der Waals surface area contributed by atoms with E-state index in [1.54, 1.807) is 24.3 Å². The van der Waals surface area contributed by atoms with Crippen molar-refractivity contribution >= 4 is 23.5 Å². The van der Waals surface area contributed by atoms with Gasteiger partial charge in [-0.3, -0.25) is 0 Å². The van der Waals surface area contributed by atoms with Gasteiger partial charge in [0.1, 0.15) is 0 Å². The van der Waals surface area contributed by atoms with Gasteiger partial charge in [0.15, 0.2) is 0 Å². The molecule has 0 aromatic heterocycles. The maximum atomic E-state index is 12.4. The minimum atomic E-state index is -2.50. The molecule has 0 spiro atoms. The van der Waals surface area contributed by atoms with Crippen LogP contribution in [0.4, 0.5) is 19.3 Å². The van der Waals surface area contributed by atoms with Crippen molar-refractivity contribution < 1.29 is 13.6 Å².